The Kier molecular flexibility index (Phi) is 3.20. The molecule has 1 atom stereocenters. The summed E-state index contributed by atoms with van der Waals surface area (Å²) in [6, 6.07) is 7.98. The zero-order valence-electron chi connectivity index (χ0n) is 10.4. The number of hydrogen-bond donors (Lipinski definition) is 2. The van der Waals surface area contributed by atoms with E-state index in [2.05, 4.69) is 26.1 Å². The first-order chi connectivity index (χ1) is 9.31. The first-order valence-corrected chi connectivity index (χ1v) is 6.66. The molecule has 2 heterocycles. The number of fused-ring (bicyclic) bond motifs is 1. The van der Waals surface area contributed by atoms with Crippen LogP contribution in [0.1, 0.15) is 22.2 Å². The second-order valence-electron chi connectivity index (χ2n) is 4.27. The van der Waals surface area contributed by atoms with Crippen molar-refractivity contribution in [3.8, 4) is 0 Å². The van der Waals surface area contributed by atoms with Crippen LogP contribution >= 0.6 is 11.5 Å². The van der Waals surface area contributed by atoms with Crippen LogP contribution < -0.4 is 11.3 Å². The van der Waals surface area contributed by atoms with Crippen LogP contribution in [-0.4, -0.2) is 14.6 Å². The fourth-order valence-electron chi connectivity index (χ4n) is 2.18. The highest BCUT2D eigenvalue weighted by atomic mass is 32.1. The summed E-state index contributed by atoms with van der Waals surface area (Å²) in [6.07, 6.45) is 3.69. The summed E-state index contributed by atoms with van der Waals surface area (Å²) in [5.41, 5.74) is 4.77. The number of pyridine rings is 1. The van der Waals surface area contributed by atoms with Gasteiger partial charge in [-0.2, -0.15) is 0 Å². The third-order valence-corrected chi connectivity index (χ3v) is 4.02. The lowest BCUT2D eigenvalue weighted by Crippen LogP contribution is -2.29. The Morgan fingerprint density at radius 2 is 2.11 bits per heavy atom. The maximum Gasteiger partial charge on any atom is 0.0858 e. The van der Waals surface area contributed by atoms with Gasteiger partial charge in [-0.05, 0) is 23.8 Å². The molecule has 0 aliphatic heterocycles. The van der Waals surface area contributed by atoms with Gasteiger partial charge in [-0.3, -0.25) is 10.8 Å². The first kappa shape index (κ1) is 12.2. The van der Waals surface area contributed by atoms with E-state index in [4.69, 9.17) is 5.84 Å². The molecule has 0 aliphatic rings. The van der Waals surface area contributed by atoms with Gasteiger partial charge in [0.1, 0.15) is 0 Å². The normalized spacial score (nSPS) is 12.7. The standard InChI is InChI=1S/C13H13N5S/c1-8-13(19-18-17-8)12(16-14)11-7-15-6-9-4-2-3-5-10(9)11/h2-7,12,16H,14H2,1H3. The molecule has 3 aromatic rings. The molecule has 19 heavy (non-hydrogen) atoms. The van der Waals surface area contributed by atoms with Crippen LogP contribution in [0.3, 0.4) is 0 Å². The maximum atomic E-state index is 5.73. The van der Waals surface area contributed by atoms with E-state index in [1.165, 1.54) is 11.5 Å². The summed E-state index contributed by atoms with van der Waals surface area (Å²) < 4.78 is 3.97. The summed E-state index contributed by atoms with van der Waals surface area (Å²) in [6.45, 7) is 1.93. The molecule has 0 spiro atoms. The summed E-state index contributed by atoms with van der Waals surface area (Å²) >= 11 is 1.35. The monoisotopic (exact) mass is 271 g/mol. The van der Waals surface area contributed by atoms with Crippen LogP contribution in [0.15, 0.2) is 36.7 Å². The first-order valence-electron chi connectivity index (χ1n) is 5.89. The zero-order valence-corrected chi connectivity index (χ0v) is 11.2. The lowest BCUT2D eigenvalue weighted by molar-refractivity contribution is 0.644. The molecule has 0 bridgehead atoms. The molecule has 6 heteroatoms. The van der Waals surface area contributed by atoms with E-state index in [0.717, 1.165) is 26.9 Å². The smallest absolute Gasteiger partial charge is 0.0858 e. The molecule has 0 fully saturated rings. The van der Waals surface area contributed by atoms with E-state index < -0.39 is 0 Å². The Balaban J connectivity index is 2.20. The van der Waals surface area contributed by atoms with Gasteiger partial charge in [-0.25, -0.2) is 5.43 Å². The predicted molar refractivity (Wildman–Crippen MR) is 75.6 cm³/mol. The maximum absolute atomic E-state index is 5.73. The fourth-order valence-corrected chi connectivity index (χ4v) is 2.90. The van der Waals surface area contributed by atoms with Crippen LogP contribution in [0.25, 0.3) is 10.8 Å². The van der Waals surface area contributed by atoms with Crippen LogP contribution in [0.4, 0.5) is 0 Å². The van der Waals surface area contributed by atoms with Crippen molar-refractivity contribution in [3.05, 3.63) is 52.8 Å². The zero-order chi connectivity index (χ0) is 13.2. The average molecular weight is 271 g/mol. The molecule has 3 rings (SSSR count). The number of aromatic nitrogens is 3. The lowest BCUT2D eigenvalue weighted by atomic mass is 10.0. The van der Waals surface area contributed by atoms with Crippen molar-refractivity contribution in [1.82, 2.24) is 20.0 Å². The molecule has 3 N–H and O–H groups in total. The molecule has 1 aromatic carbocycles. The number of rotatable bonds is 3. The highest BCUT2D eigenvalue weighted by Crippen LogP contribution is 2.30. The van der Waals surface area contributed by atoms with Gasteiger partial charge in [0.25, 0.3) is 0 Å². The van der Waals surface area contributed by atoms with Crippen molar-refractivity contribution in [3.63, 3.8) is 0 Å². The van der Waals surface area contributed by atoms with E-state index in [1.54, 1.807) is 0 Å². The highest BCUT2D eigenvalue weighted by molar-refractivity contribution is 7.05. The second kappa shape index (κ2) is 5.00. The topological polar surface area (TPSA) is 76.7 Å². The molecule has 5 nitrogen and oxygen atoms in total. The molecule has 96 valence electrons. The molecule has 0 saturated heterocycles. The Bertz CT molecular complexity index is 704. The van der Waals surface area contributed by atoms with E-state index in [9.17, 15) is 0 Å². The van der Waals surface area contributed by atoms with Crippen LogP contribution in [0.2, 0.25) is 0 Å². The van der Waals surface area contributed by atoms with Crippen LogP contribution in [-0.2, 0) is 0 Å². The minimum absolute atomic E-state index is 0.140. The number of nitrogens with two attached hydrogens (primary N) is 1. The van der Waals surface area contributed by atoms with E-state index in [0.29, 0.717) is 0 Å². The van der Waals surface area contributed by atoms with Crippen molar-refractivity contribution in [2.24, 2.45) is 5.84 Å². The van der Waals surface area contributed by atoms with Gasteiger partial charge in [0.15, 0.2) is 0 Å². The molecule has 2 aromatic heterocycles. The van der Waals surface area contributed by atoms with Crippen molar-refractivity contribution >= 4 is 22.3 Å². The minimum atomic E-state index is -0.140. The van der Waals surface area contributed by atoms with Gasteiger partial charge in [-0.15, -0.1) is 5.10 Å². The van der Waals surface area contributed by atoms with Gasteiger partial charge < -0.3 is 0 Å². The third-order valence-electron chi connectivity index (χ3n) is 3.13. The molecule has 0 saturated carbocycles. The number of hydrogen-bond acceptors (Lipinski definition) is 6. The predicted octanol–water partition coefficient (Wildman–Crippen LogP) is 1.95. The summed E-state index contributed by atoms with van der Waals surface area (Å²) in [4.78, 5) is 5.30. The molecular formula is C13H13N5S. The van der Waals surface area contributed by atoms with Crippen LogP contribution in [0, 0.1) is 6.92 Å². The number of aryl methyl sites for hydroxylation is 1. The van der Waals surface area contributed by atoms with E-state index in [-0.39, 0.29) is 6.04 Å². The number of nitrogens with one attached hydrogen (secondary N) is 1. The molecule has 0 amide bonds. The van der Waals surface area contributed by atoms with Crippen molar-refractivity contribution in [1.29, 1.82) is 0 Å². The quantitative estimate of drug-likeness (QED) is 0.562. The van der Waals surface area contributed by atoms with Gasteiger partial charge in [0.2, 0.25) is 0 Å². The Hall–Kier alpha value is -1.89. The minimum Gasteiger partial charge on any atom is -0.271 e. The largest absolute Gasteiger partial charge is 0.271 e. The van der Waals surface area contributed by atoms with Gasteiger partial charge >= 0.3 is 0 Å². The molecule has 0 radical (unpaired) electrons. The second-order valence-corrected chi connectivity index (χ2v) is 5.06. The van der Waals surface area contributed by atoms with E-state index in [1.807, 2.05) is 37.5 Å². The van der Waals surface area contributed by atoms with Gasteiger partial charge in [0.05, 0.1) is 16.6 Å². The number of hydrazine groups is 1. The average Bonchev–Trinajstić information content (AvgIpc) is 2.86. The summed E-state index contributed by atoms with van der Waals surface area (Å²) in [7, 11) is 0. The van der Waals surface area contributed by atoms with Gasteiger partial charge in [-0.1, -0.05) is 28.8 Å². The van der Waals surface area contributed by atoms with Crippen molar-refractivity contribution in [2.75, 3.05) is 0 Å². The fraction of sp³-hybridized carbons (Fsp3) is 0.154. The van der Waals surface area contributed by atoms with Crippen LogP contribution in [0.5, 0.6) is 0 Å². The highest BCUT2D eigenvalue weighted by Gasteiger charge is 2.20. The molecular weight excluding hydrogens is 258 g/mol. The molecule has 0 aliphatic carbocycles. The number of benzene rings is 1. The van der Waals surface area contributed by atoms with Crippen molar-refractivity contribution < 1.29 is 0 Å². The Morgan fingerprint density at radius 3 is 2.84 bits per heavy atom. The Morgan fingerprint density at radius 1 is 1.26 bits per heavy atom. The summed E-state index contributed by atoms with van der Waals surface area (Å²) in [5.74, 6) is 5.73. The van der Waals surface area contributed by atoms with Gasteiger partial charge in [0, 0.05) is 23.3 Å². The lowest BCUT2D eigenvalue weighted by Gasteiger charge is -2.16. The summed E-state index contributed by atoms with van der Waals surface area (Å²) in [5, 5.41) is 6.27. The number of nitrogens with zero attached hydrogens (tertiary/aromatic N) is 3. The molecule has 1 unspecified atom stereocenters. The van der Waals surface area contributed by atoms with Crippen molar-refractivity contribution in [2.45, 2.75) is 13.0 Å². The van der Waals surface area contributed by atoms with E-state index >= 15 is 0 Å². The Labute approximate surface area is 114 Å². The third kappa shape index (κ3) is 2.10. The SMILES string of the molecule is Cc1nnsc1C(NN)c1cncc2ccccc12.